The standard InChI is InChI=1S/C23H18N4O3S/c1-15-18-12-19(31-22(18)27(26-15)13-16-8-4-2-5-9-16)23(28)29-14-20-24-25-21(30-20)17-10-6-3-7-11-17/h2-12H,13-14H2,1H3. The van der Waals surface area contributed by atoms with E-state index in [0.29, 0.717) is 17.3 Å². The number of carbonyl (C=O) groups is 1. The van der Waals surface area contributed by atoms with Gasteiger partial charge in [-0.15, -0.1) is 21.5 Å². The zero-order valence-electron chi connectivity index (χ0n) is 16.7. The summed E-state index contributed by atoms with van der Waals surface area (Å²) in [5, 5.41) is 13.5. The molecule has 0 saturated carbocycles. The second kappa shape index (κ2) is 8.16. The number of benzene rings is 2. The van der Waals surface area contributed by atoms with Gasteiger partial charge >= 0.3 is 5.97 Å². The molecule has 3 aromatic heterocycles. The maximum Gasteiger partial charge on any atom is 0.348 e. The van der Waals surface area contributed by atoms with Gasteiger partial charge in [0, 0.05) is 10.9 Å². The average Bonchev–Trinajstić information content (AvgIpc) is 3.51. The molecule has 0 bridgehead atoms. The number of fused-ring (bicyclic) bond motifs is 1. The lowest BCUT2D eigenvalue weighted by Crippen LogP contribution is -2.04. The van der Waals surface area contributed by atoms with Crippen molar-refractivity contribution in [3.05, 3.63) is 88.8 Å². The maximum absolute atomic E-state index is 12.6. The van der Waals surface area contributed by atoms with Gasteiger partial charge < -0.3 is 9.15 Å². The van der Waals surface area contributed by atoms with Crippen LogP contribution in [0.5, 0.6) is 0 Å². The summed E-state index contributed by atoms with van der Waals surface area (Å²) in [6.07, 6.45) is 0. The molecule has 0 atom stereocenters. The Morgan fingerprint density at radius 1 is 1.06 bits per heavy atom. The van der Waals surface area contributed by atoms with E-state index in [9.17, 15) is 4.79 Å². The van der Waals surface area contributed by atoms with Crippen LogP contribution >= 0.6 is 11.3 Å². The lowest BCUT2D eigenvalue weighted by atomic mass is 10.2. The van der Waals surface area contributed by atoms with Crippen LogP contribution < -0.4 is 0 Å². The first-order chi connectivity index (χ1) is 15.2. The molecule has 5 aromatic rings. The molecule has 0 unspecified atom stereocenters. The molecule has 0 amide bonds. The van der Waals surface area contributed by atoms with Crippen LogP contribution in [-0.2, 0) is 17.9 Å². The quantitative estimate of drug-likeness (QED) is 0.358. The highest BCUT2D eigenvalue weighted by Crippen LogP contribution is 2.29. The molecule has 0 fully saturated rings. The zero-order chi connectivity index (χ0) is 21.2. The Morgan fingerprint density at radius 3 is 2.58 bits per heavy atom. The molecule has 2 aromatic carbocycles. The molecule has 0 saturated heterocycles. The van der Waals surface area contributed by atoms with Crippen molar-refractivity contribution in [3.63, 3.8) is 0 Å². The minimum absolute atomic E-state index is 0.0813. The van der Waals surface area contributed by atoms with E-state index in [1.54, 1.807) is 0 Å². The van der Waals surface area contributed by atoms with Gasteiger partial charge in [0.15, 0.2) is 6.61 Å². The Kier molecular flexibility index (Phi) is 5.05. The minimum Gasteiger partial charge on any atom is -0.451 e. The highest BCUT2D eigenvalue weighted by molar-refractivity contribution is 7.20. The van der Waals surface area contributed by atoms with Gasteiger partial charge in [-0.1, -0.05) is 48.5 Å². The number of esters is 1. The third-order valence-electron chi connectivity index (χ3n) is 4.80. The van der Waals surface area contributed by atoms with Crippen LogP contribution in [0.2, 0.25) is 0 Å². The van der Waals surface area contributed by atoms with Gasteiger partial charge in [-0.25, -0.2) is 4.79 Å². The van der Waals surface area contributed by atoms with Crippen LogP contribution in [-0.4, -0.2) is 25.9 Å². The number of aromatic nitrogens is 4. The number of carbonyl (C=O) groups excluding carboxylic acids is 1. The topological polar surface area (TPSA) is 83.0 Å². The Balaban J connectivity index is 1.30. The van der Waals surface area contributed by atoms with Crippen molar-refractivity contribution in [1.29, 1.82) is 0 Å². The highest BCUT2D eigenvalue weighted by atomic mass is 32.1. The van der Waals surface area contributed by atoms with Gasteiger partial charge in [0.25, 0.3) is 5.89 Å². The second-order valence-electron chi connectivity index (χ2n) is 7.00. The van der Waals surface area contributed by atoms with Crippen LogP contribution in [0, 0.1) is 6.92 Å². The zero-order valence-corrected chi connectivity index (χ0v) is 17.5. The first-order valence-corrected chi connectivity index (χ1v) is 10.5. The normalized spacial score (nSPS) is 11.1. The summed E-state index contributed by atoms with van der Waals surface area (Å²) in [7, 11) is 0. The van der Waals surface area contributed by atoms with E-state index in [4.69, 9.17) is 9.15 Å². The molecule has 8 heteroatoms. The SMILES string of the molecule is Cc1nn(Cc2ccccc2)c2sc(C(=O)OCc3nnc(-c4ccccc4)o3)cc12. The van der Waals surface area contributed by atoms with Crippen molar-refractivity contribution in [2.45, 2.75) is 20.1 Å². The van der Waals surface area contributed by atoms with Crippen molar-refractivity contribution >= 4 is 27.5 Å². The summed E-state index contributed by atoms with van der Waals surface area (Å²) < 4.78 is 12.9. The molecule has 0 spiro atoms. The molecule has 0 aliphatic rings. The van der Waals surface area contributed by atoms with E-state index in [-0.39, 0.29) is 12.5 Å². The molecule has 0 N–H and O–H groups in total. The molecule has 154 valence electrons. The second-order valence-corrected chi connectivity index (χ2v) is 8.03. The molecule has 0 aliphatic heterocycles. The molecule has 0 aliphatic carbocycles. The van der Waals surface area contributed by atoms with E-state index in [1.807, 2.05) is 66.2 Å². The number of hydrogen-bond acceptors (Lipinski definition) is 7. The van der Waals surface area contributed by atoms with Crippen molar-refractivity contribution in [1.82, 2.24) is 20.0 Å². The number of ether oxygens (including phenoxy) is 1. The predicted molar refractivity (Wildman–Crippen MR) is 117 cm³/mol. The number of aryl methyl sites for hydroxylation is 1. The van der Waals surface area contributed by atoms with Gasteiger partial charge in [0.1, 0.15) is 9.71 Å². The monoisotopic (exact) mass is 430 g/mol. The van der Waals surface area contributed by atoms with E-state index in [2.05, 4.69) is 27.4 Å². The van der Waals surface area contributed by atoms with Crippen LogP contribution in [0.1, 0.15) is 26.8 Å². The van der Waals surface area contributed by atoms with Gasteiger partial charge in [0.05, 0.1) is 12.2 Å². The van der Waals surface area contributed by atoms with Gasteiger partial charge in [-0.05, 0) is 30.7 Å². The first-order valence-electron chi connectivity index (χ1n) is 9.73. The van der Waals surface area contributed by atoms with Gasteiger partial charge in [-0.3, -0.25) is 4.68 Å². The third kappa shape index (κ3) is 3.97. The van der Waals surface area contributed by atoms with Crippen molar-refractivity contribution in [2.24, 2.45) is 0 Å². The summed E-state index contributed by atoms with van der Waals surface area (Å²) in [5.41, 5.74) is 2.84. The summed E-state index contributed by atoms with van der Waals surface area (Å²) in [6, 6.07) is 21.4. The summed E-state index contributed by atoms with van der Waals surface area (Å²) in [4.78, 5) is 14.1. The van der Waals surface area contributed by atoms with Crippen molar-refractivity contribution in [2.75, 3.05) is 0 Å². The summed E-state index contributed by atoms with van der Waals surface area (Å²) >= 11 is 1.37. The van der Waals surface area contributed by atoms with Crippen molar-refractivity contribution < 1.29 is 13.9 Å². The largest absolute Gasteiger partial charge is 0.451 e. The smallest absolute Gasteiger partial charge is 0.348 e. The Morgan fingerprint density at radius 2 is 1.81 bits per heavy atom. The lowest BCUT2D eigenvalue weighted by molar-refractivity contribution is 0.0444. The number of rotatable bonds is 6. The van der Waals surface area contributed by atoms with E-state index in [0.717, 1.165) is 27.0 Å². The van der Waals surface area contributed by atoms with Crippen molar-refractivity contribution in [3.8, 4) is 11.5 Å². The van der Waals surface area contributed by atoms with E-state index < -0.39 is 5.97 Å². The average molecular weight is 430 g/mol. The number of hydrogen-bond donors (Lipinski definition) is 0. The summed E-state index contributed by atoms with van der Waals surface area (Å²) in [5.74, 6) is 0.219. The Hall–Kier alpha value is -3.78. The molecule has 31 heavy (non-hydrogen) atoms. The minimum atomic E-state index is -0.425. The third-order valence-corrected chi connectivity index (χ3v) is 5.93. The van der Waals surface area contributed by atoms with E-state index >= 15 is 0 Å². The lowest BCUT2D eigenvalue weighted by Gasteiger charge is -2.02. The molecule has 5 rings (SSSR count). The molecular weight excluding hydrogens is 412 g/mol. The van der Waals surface area contributed by atoms with Gasteiger partial charge in [0.2, 0.25) is 5.89 Å². The Labute approximate surface area is 181 Å². The molecular formula is C23H18N4O3S. The molecule has 7 nitrogen and oxygen atoms in total. The van der Waals surface area contributed by atoms with Crippen LogP contribution in [0.4, 0.5) is 0 Å². The number of thiophene rings is 1. The van der Waals surface area contributed by atoms with Crippen LogP contribution in [0.25, 0.3) is 21.7 Å². The molecule has 3 heterocycles. The Bertz CT molecular complexity index is 1340. The molecule has 0 radical (unpaired) electrons. The highest BCUT2D eigenvalue weighted by Gasteiger charge is 2.18. The fraction of sp³-hybridized carbons (Fsp3) is 0.130. The first kappa shape index (κ1) is 19.2. The number of nitrogens with zero attached hydrogens (tertiary/aromatic N) is 4. The van der Waals surface area contributed by atoms with Gasteiger partial charge in [-0.2, -0.15) is 5.10 Å². The summed E-state index contributed by atoms with van der Waals surface area (Å²) in [6.45, 7) is 2.50. The van der Waals surface area contributed by atoms with Crippen LogP contribution in [0.3, 0.4) is 0 Å². The fourth-order valence-electron chi connectivity index (χ4n) is 3.28. The maximum atomic E-state index is 12.6. The van der Waals surface area contributed by atoms with E-state index in [1.165, 1.54) is 11.3 Å². The van der Waals surface area contributed by atoms with Crippen LogP contribution in [0.15, 0.2) is 71.1 Å². The fourth-order valence-corrected chi connectivity index (χ4v) is 4.34. The predicted octanol–water partition coefficient (Wildman–Crippen LogP) is 4.86.